The highest BCUT2D eigenvalue weighted by atomic mass is 35.5. The van der Waals surface area contributed by atoms with E-state index in [1.54, 1.807) is 0 Å². The van der Waals surface area contributed by atoms with E-state index in [-0.39, 0.29) is 22.5 Å². The van der Waals surface area contributed by atoms with Gasteiger partial charge in [0.15, 0.2) is 0 Å². The molecule has 0 spiro atoms. The minimum atomic E-state index is -5.10. The molecule has 2 heterocycles. The van der Waals surface area contributed by atoms with E-state index in [9.17, 15) is 35.3 Å². The number of benzene rings is 1. The molecule has 2 unspecified atom stereocenters. The van der Waals surface area contributed by atoms with Crippen molar-refractivity contribution in [2.24, 2.45) is 0 Å². The van der Waals surface area contributed by atoms with Crippen LogP contribution in [0.2, 0.25) is 5.02 Å². The predicted octanol–water partition coefficient (Wildman–Crippen LogP) is 5.19. The first-order valence-corrected chi connectivity index (χ1v) is 11.3. The molecule has 6 nitrogen and oxygen atoms in total. The summed E-state index contributed by atoms with van der Waals surface area (Å²) in [6, 6.07) is 1.01. The number of aromatic nitrogens is 3. The monoisotopic (exact) mass is 524 g/mol. The van der Waals surface area contributed by atoms with Crippen LogP contribution in [0.5, 0.6) is 0 Å². The third-order valence-electron chi connectivity index (χ3n) is 4.63. The maximum absolute atomic E-state index is 13.1. The van der Waals surface area contributed by atoms with Crippen LogP contribution in [0.15, 0.2) is 47.8 Å². The lowest BCUT2D eigenvalue weighted by atomic mass is 10.0. The van der Waals surface area contributed by atoms with Crippen molar-refractivity contribution in [3.8, 4) is 5.69 Å². The molecule has 2 atom stereocenters. The number of nitrogens with zero attached hydrogens (tertiary/aromatic N) is 3. The smallest absolute Gasteiger partial charge is 0.344 e. The average molecular weight is 525 g/mol. The molecule has 0 aliphatic heterocycles. The first-order valence-electron chi connectivity index (χ1n) is 9.31. The lowest BCUT2D eigenvalue weighted by molar-refractivity contribution is -0.143. The second-order valence-electron chi connectivity index (χ2n) is 7.09. The molecule has 2 aromatic heterocycles. The summed E-state index contributed by atoms with van der Waals surface area (Å²) in [4.78, 5) is 17.1. The normalized spacial score (nSPS) is 14.0. The van der Waals surface area contributed by atoms with Crippen molar-refractivity contribution < 1.29 is 35.3 Å². The predicted molar refractivity (Wildman–Crippen MR) is 111 cm³/mol. The van der Waals surface area contributed by atoms with E-state index in [0.29, 0.717) is 17.0 Å². The Morgan fingerprint density at radius 3 is 2.21 bits per heavy atom. The van der Waals surface area contributed by atoms with Crippen molar-refractivity contribution >= 4 is 28.3 Å². The Labute approximate surface area is 196 Å². The highest BCUT2D eigenvalue weighted by molar-refractivity contribution is 7.84. The molecule has 1 N–H and O–H groups in total. The average Bonchev–Trinajstić information content (AvgIpc) is 3.22. The van der Waals surface area contributed by atoms with Crippen molar-refractivity contribution in [1.29, 1.82) is 0 Å². The number of nitrogens with one attached hydrogen (secondary N) is 1. The van der Waals surface area contributed by atoms with Crippen LogP contribution < -0.4 is 5.32 Å². The summed E-state index contributed by atoms with van der Waals surface area (Å²) in [6.45, 7) is 1.42. The molecule has 0 aliphatic rings. The van der Waals surface area contributed by atoms with Crippen LogP contribution in [0.1, 0.15) is 40.1 Å². The lowest BCUT2D eigenvalue weighted by Crippen LogP contribution is -2.29. The topological polar surface area (TPSA) is 76.9 Å². The lowest BCUT2D eigenvalue weighted by Gasteiger charge is -2.19. The quantitative estimate of drug-likeness (QED) is 0.466. The fourth-order valence-electron chi connectivity index (χ4n) is 3.00. The van der Waals surface area contributed by atoms with Gasteiger partial charge in [0.05, 0.1) is 49.8 Å². The van der Waals surface area contributed by atoms with E-state index >= 15 is 0 Å². The Hall–Kier alpha value is -2.93. The van der Waals surface area contributed by atoms with Gasteiger partial charge in [0.1, 0.15) is 5.69 Å². The van der Waals surface area contributed by atoms with Gasteiger partial charge < -0.3 is 5.32 Å². The van der Waals surface area contributed by atoms with Gasteiger partial charge in [0, 0.05) is 24.2 Å². The zero-order chi connectivity index (χ0) is 25.4. The minimum Gasteiger partial charge on any atom is -0.344 e. The van der Waals surface area contributed by atoms with Crippen molar-refractivity contribution in [2.45, 2.75) is 30.2 Å². The summed E-state index contributed by atoms with van der Waals surface area (Å²) in [5, 5.41) is 6.54. The molecule has 1 amide bonds. The molecule has 0 radical (unpaired) electrons. The van der Waals surface area contributed by atoms with Gasteiger partial charge >= 0.3 is 12.4 Å². The van der Waals surface area contributed by atoms with Crippen LogP contribution in [0.3, 0.4) is 0 Å². The Balaban J connectivity index is 1.98. The van der Waals surface area contributed by atoms with Gasteiger partial charge in [-0.05, 0) is 31.2 Å². The van der Waals surface area contributed by atoms with E-state index < -0.39 is 51.8 Å². The molecular weight excluding hydrogens is 510 g/mol. The SMILES string of the molecule is CC(NC(=O)c1cc(C(F)(F)F)cc(C(F)(F)F)c1)c1nccc(Cl)c1-n1cc(S(C)=O)cn1. The first kappa shape index (κ1) is 25.7. The standard InChI is InChI=1S/C20H15ClF6N4O2S/c1-10(16-17(15(21)3-4-28-16)31-9-14(8-29-31)34(2)33)30-18(32)11-5-12(19(22,23)24)7-13(6-11)20(25,26)27/h3-10H,1-2H3,(H,30,32). The zero-order valence-corrected chi connectivity index (χ0v) is 18.9. The fourth-order valence-corrected chi connectivity index (χ4v) is 3.68. The summed E-state index contributed by atoms with van der Waals surface area (Å²) in [5.41, 5.74) is -3.74. The molecule has 3 aromatic rings. The van der Waals surface area contributed by atoms with Gasteiger partial charge in [-0.25, -0.2) is 4.68 Å². The largest absolute Gasteiger partial charge is 0.416 e. The van der Waals surface area contributed by atoms with Gasteiger partial charge in [0.2, 0.25) is 0 Å². The molecule has 14 heteroatoms. The molecule has 182 valence electrons. The summed E-state index contributed by atoms with van der Waals surface area (Å²) in [5.74, 6) is -1.19. The molecule has 0 fully saturated rings. The Morgan fingerprint density at radius 2 is 1.71 bits per heavy atom. The maximum atomic E-state index is 13.1. The summed E-state index contributed by atoms with van der Waals surface area (Å²) >= 11 is 6.25. The number of halogens is 7. The Kier molecular flexibility index (Phi) is 7.08. The summed E-state index contributed by atoms with van der Waals surface area (Å²) in [7, 11) is -1.36. The van der Waals surface area contributed by atoms with E-state index in [1.165, 1.54) is 42.5 Å². The molecule has 34 heavy (non-hydrogen) atoms. The van der Waals surface area contributed by atoms with Crippen LogP contribution in [0.4, 0.5) is 26.3 Å². The van der Waals surface area contributed by atoms with E-state index in [0.717, 1.165) is 0 Å². The fraction of sp³-hybridized carbons (Fsp3) is 0.250. The number of hydrogen-bond acceptors (Lipinski definition) is 4. The number of alkyl halides is 6. The van der Waals surface area contributed by atoms with Crippen molar-refractivity contribution in [1.82, 2.24) is 20.1 Å². The van der Waals surface area contributed by atoms with Gasteiger partial charge in [-0.2, -0.15) is 31.4 Å². The van der Waals surface area contributed by atoms with Crippen LogP contribution in [-0.4, -0.2) is 31.1 Å². The van der Waals surface area contributed by atoms with Crippen LogP contribution in [-0.2, 0) is 23.2 Å². The van der Waals surface area contributed by atoms with Crippen LogP contribution in [0.25, 0.3) is 5.69 Å². The van der Waals surface area contributed by atoms with Crippen LogP contribution >= 0.6 is 11.6 Å². The third-order valence-corrected chi connectivity index (χ3v) is 5.81. The van der Waals surface area contributed by atoms with E-state index in [4.69, 9.17) is 11.6 Å². The van der Waals surface area contributed by atoms with Crippen molar-refractivity contribution in [2.75, 3.05) is 6.26 Å². The van der Waals surface area contributed by atoms with Gasteiger partial charge in [0.25, 0.3) is 5.91 Å². The molecule has 0 saturated carbocycles. The number of carbonyl (C=O) groups excluding carboxylic acids is 1. The summed E-state index contributed by atoms with van der Waals surface area (Å²) < 4.78 is 91.6. The van der Waals surface area contributed by atoms with Gasteiger partial charge in [-0.1, -0.05) is 11.6 Å². The second-order valence-corrected chi connectivity index (χ2v) is 8.88. The number of pyridine rings is 1. The Bertz CT molecular complexity index is 1230. The molecular formula is C20H15ClF6N4O2S. The van der Waals surface area contributed by atoms with Crippen LogP contribution in [0, 0.1) is 0 Å². The number of carbonyl (C=O) groups is 1. The summed E-state index contributed by atoms with van der Waals surface area (Å²) in [6.07, 6.45) is -4.72. The molecule has 0 aliphatic carbocycles. The van der Waals surface area contributed by atoms with E-state index in [1.807, 2.05) is 0 Å². The minimum absolute atomic E-state index is 0.0657. The number of rotatable bonds is 5. The number of hydrogen-bond donors (Lipinski definition) is 1. The van der Waals surface area contributed by atoms with Gasteiger partial charge in [-0.15, -0.1) is 0 Å². The zero-order valence-electron chi connectivity index (χ0n) is 17.3. The third kappa shape index (κ3) is 5.58. The maximum Gasteiger partial charge on any atom is 0.416 e. The molecule has 0 saturated heterocycles. The second kappa shape index (κ2) is 9.37. The molecule has 3 rings (SSSR count). The van der Waals surface area contributed by atoms with Gasteiger partial charge in [-0.3, -0.25) is 14.0 Å². The molecule has 0 bridgehead atoms. The number of amides is 1. The molecule has 1 aromatic carbocycles. The van der Waals surface area contributed by atoms with Crippen molar-refractivity contribution in [3.05, 3.63) is 70.3 Å². The highest BCUT2D eigenvalue weighted by Crippen LogP contribution is 2.36. The van der Waals surface area contributed by atoms with Crippen molar-refractivity contribution in [3.63, 3.8) is 0 Å². The Morgan fingerprint density at radius 1 is 1.12 bits per heavy atom. The first-order chi connectivity index (χ1) is 15.7. The highest BCUT2D eigenvalue weighted by Gasteiger charge is 2.37. The van der Waals surface area contributed by atoms with E-state index in [2.05, 4.69) is 15.4 Å².